The van der Waals surface area contributed by atoms with E-state index < -0.39 is 0 Å². The zero-order valence-electron chi connectivity index (χ0n) is 11.2. The highest BCUT2D eigenvalue weighted by atomic mass is 17.2. The lowest BCUT2D eigenvalue weighted by molar-refractivity contribution is -0.291. The number of fused-ring (bicyclic) bond motifs is 1. The molecule has 0 atom stereocenters. The molecule has 0 radical (unpaired) electrons. The Labute approximate surface area is 112 Å². The Balaban J connectivity index is 2.07. The lowest BCUT2D eigenvalue weighted by Gasteiger charge is -2.11. The van der Waals surface area contributed by atoms with Gasteiger partial charge in [0.1, 0.15) is 0 Å². The zero-order valence-corrected chi connectivity index (χ0v) is 11.2. The Morgan fingerprint density at radius 3 is 2.89 bits per heavy atom. The number of Topliss-reactive ketones (excluding diaryl/α,β-unsaturated/α-hetero) is 1. The summed E-state index contributed by atoms with van der Waals surface area (Å²) >= 11 is 0. The second-order valence-corrected chi connectivity index (χ2v) is 4.60. The molecule has 0 fully saturated rings. The predicted octanol–water partition coefficient (Wildman–Crippen LogP) is 2.25. The van der Waals surface area contributed by atoms with E-state index in [1.165, 1.54) is 0 Å². The van der Waals surface area contributed by atoms with Crippen LogP contribution in [0.3, 0.4) is 0 Å². The minimum Gasteiger partial charge on any atom is -0.355 e. The molecule has 0 amide bonds. The third-order valence-electron chi connectivity index (χ3n) is 3.30. The first-order chi connectivity index (χ1) is 9.27. The lowest BCUT2D eigenvalue weighted by Crippen LogP contribution is -2.11. The Morgan fingerprint density at radius 2 is 2.16 bits per heavy atom. The van der Waals surface area contributed by atoms with Gasteiger partial charge in [-0.1, -0.05) is 0 Å². The zero-order chi connectivity index (χ0) is 13.7. The molecule has 1 N–H and O–H groups in total. The fraction of sp³-hybridized carbons (Fsp3) is 0.571. The van der Waals surface area contributed by atoms with Gasteiger partial charge < -0.3 is 4.98 Å². The van der Waals surface area contributed by atoms with E-state index in [9.17, 15) is 9.59 Å². The van der Waals surface area contributed by atoms with E-state index in [1.54, 1.807) is 0 Å². The van der Waals surface area contributed by atoms with Gasteiger partial charge in [0.05, 0.1) is 18.9 Å². The molecule has 104 valence electrons. The van der Waals surface area contributed by atoms with Gasteiger partial charge in [-0.05, 0) is 38.2 Å². The molecule has 0 saturated carbocycles. The standard InChI is InChI=1S/C14H19NO4/c1-2-18-19-8-4-5-10-12(9-16)15-11-6-3-7-13(17)14(10)11/h9,15H,2-8H2,1H3. The summed E-state index contributed by atoms with van der Waals surface area (Å²) in [6.45, 7) is 2.82. The van der Waals surface area contributed by atoms with Crippen molar-refractivity contribution >= 4 is 12.1 Å². The van der Waals surface area contributed by atoms with Gasteiger partial charge in [0.15, 0.2) is 12.1 Å². The summed E-state index contributed by atoms with van der Waals surface area (Å²) in [6.07, 6.45) is 4.45. The molecule has 2 rings (SSSR count). The largest absolute Gasteiger partial charge is 0.355 e. The number of carbonyl (C=O) groups excluding carboxylic acids is 2. The van der Waals surface area contributed by atoms with E-state index in [4.69, 9.17) is 9.78 Å². The van der Waals surface area contributed by atoms with Crippen LogP contribution in [-0.2, 0) is 22.6 Å². The number of ketones is 1. The molecular formula is C14H19NO4. The average molecular weight is 265 g/mol. The van der Waals surface area contributed by atoms with Crippen molar-refractivity contribution in [2.45, 2.75) is 39.0 Å². The van der Waals surface area contributed by atoms with Crippen LogP contribution in [-0.4, -0.2) is 30.3 Å². The minimum atomic E-state index is 0.145. The molecule has 0 aliphatic heterocycles. The number of carbonyl (C=O) groups is 2. The monoisotopic (exact) mass is 265 g/mol. The third kappa shape index (κ3) is 3.11. The van der Waals surface area contributed by atoms with E-state index in [0.717, 1.165) is 42.4 Å². The number of hydrogen-bond acceptors (Lipinski definition) is 4. The van der Waals surface area contributed by atoms with Crippen LogP contribution < -0.4 is 0 Å². The van der Waals surface area contributed by atoms with Gasteiger partial charge >= 0.3 is 0 Å². The summed E-state index contributed by atoms with van der Waals surface area (Å²) in [4.78, 5) is 35.9. The average Bonchev–Trinajstić information content (AvgIpc) is 2.78. The van der Waals surface area contributed by atoms with Crippen molar-refractivity contribution in [3.05, 3.63) is 22.5 Å². The van der Waals surface area contributed by atoms with E-state index in [0.29, 0.717) is 31.7 Å². The van der Waals surface area contributed by atoms with Gasteiger partial charge in [-0.25, -0.2) is 9.78 Å². The number of aryl methyl sites for hydroxylation is 1. The number of aromatic nitrogens is 1. The predicted molar refractivity (Wildman–Crippen MR) is 69.3 cm³/mol. The number of aldehydes is 1. The molecule has 1 aliphatic rings. The summed E-state index contributed by atoms with van der Waals surface area (Å²) in [5, 5.41) is 0. The molecule has 19 heavy (non-hydrogen) atoms. The number of rotatable bonds is 7. The second-order valence-electron chi connectivity index (χ2n) is 4.60. The molecule has 0 saturated heterocycles. The molecule has 0 aromatic carbocycles. The number of H-pyrrole nitrogens is 1. The molecule has 1 aromatic rings. The number of nitrogens with one attached hydrogen (secondary N) is 1. The highest BCUT2D eigenvalue weighted by Gasteiger charge is 2.25. The van der Waals surface area contributed by atoms with Crippen LogP contribution in [0.25, 0.3) is 0 Å². The van der Waals surface area contributed by atoms with Gasteiger partial charge in [-0.2, -0.15) is 0 Å². The summed E-state index contributed by atoms with van der Waals surface area (Å²) in [5.74, 6) is 0.145. The first kappa shape index (κ1) is 14.0. The fourth-order valence-corrected chi connectivity index (χ4v) is 2.50. The molecule has 5 nitrogen and oxygen atoms in total. The van der Waals surface area contributed by atoms with Gasteiger partial charge in [-0.15, -0.1) is 0 Å². The van der Waals surface area contributed by atoms with Gasteiger partial charge in [0, 0.05) is 17.7 Å². The Morgan fingerprint density at radius 1 is 1.32 bits per heavy atom. The molecule has 0 bridgehead atoms. The fourth-order valence-electron chi connectivity index (χ4n) is 2.50. The molecule has 5 heteroatoms. The molecule has 0 spiro atoms. The SMILES string of the molecule is CCOOCCCc1c(C=O)[nH]c2c1C(=O)CCC2. The minimum absolute atomic E-state index is 0.145. The van der Waals surface area contributed by atoms with Crippen LogP contribution in [0.2, 0.25) is 0 Å². The summed E-state index contributed by atoms with van der Waals surface area (Å²) in [7, 11) is 0. The molecule has 0 unspecified atom stereocenters. The second kappa shape index (κ2) is 6.63. The van der Waals surface area contributed by atoms with Crippen molar-refractivity contribution in [1.82, 2.24) is 4.98 Å². The van der Waals surface area contributed by atoms with Crippen molar-refractivity contribution in [1.29, 1.82) is 0 Å². The van der Waals surface area contributed by atoms with Crippen LogP contribution in [0.1, 0.15) is 58.3 Å². The smallest absolute Gasteiger partial charge is 0.166 e. The van der Waals surface area contributed by atoms with Crippen molar-refractivity contribution in [3.8, 4) is 0 Å². The Hall–Kier alpha value is -1.46. The summed E-state index contributed by atoms with van der Waals surface area (Å²) in [6, 6.07) is 0. The first-order valence-corrected chi connectivity index (χ1v) is 6.74. The Bertz CT molecular complexity index is 464. The third-order valence-corrected chi connectivity index (χ3v) is 3.30. The van der Waals surface area contributed by atoms with Crippen LogP contribution in [0.15, 0.2) is 0 Å². The van der Waals surface area contributed by atoms with Gasteiger partial charge in [0.2, 0.25) is 0 Å². The molecule has 1 aliphatic carbocycles. The van der Waals surface area contributed by atoms with E-state index in [2.05, 4.69) is 4.98 Å². The highest BCUT2D eigenvalue weighted by molar-refractivity contribution is 6.01. The molecule has 1 heterocycles. The van der Waals surface area contributed by atoms with Crippen molar-refractivity contribution in [2.75, 3.05) is 13.2 Å². The first-order valence-electron chi connectivity index (χ1n) is 6.74. The van der Waals surface area contributed by atoms with Crippen LogP contribution in [0, 0.1) is 0 Å². The van der Waals surface area contributed by atoms with E-state index in [1.807, 2.05) is 6.92 Å². The van der Waals surface area contributed by atoms with E-state index >= 15 is 0 Å². The maximum absolute atomic E-state index is 12.0. The van der Waals surface area contributed by atoms with Crippen LogP contribution in [0.5, 0.6) is 0 Å². The maximum Gasteiger partial charge on any atom is 0.166 e. The van der Waals surface area contributed by atoms with Gasteiger partial charge in [0.25, 0.3) is 0 Å². The van der Waals surface area contributed by atoms with E-state index in [-0.39, 0.29) is 5.78 Å². The summed E-state index contributed by atoms with van der Waals surface area (Å²) < 4.78 is 0. The topological polar surface area (TPSA) is 68.4 Å². The number of aromatic amines is 1. The highest BCUT2D eigenvalue weighted by Crippen LogP contribution is 2.27. The normalized spacial score (nSPS) is 14.5. The molecule has 1 aromatic heterocycles. The quantitative estimate of drug-likeness (QED) is 0.355. The van der Waals surface area contributed by atoms with Crippen LogP contribution >= 0.6 is 0 Å². The number of hydrogen-bond donors (Lipinski definition) is 1. The van der Waals surface area contributed by atoms with Gasteiger partial charge in [-0.3, -0.25) is 9.59 Å². The maximum atomic E-state index is 12.0. The van der Waals surface area contributed by atoms with Crippen LogP contribution in [0.4, 0.5) is 0 Å². The Kier molecular flexibility index (Phi) is 4.87. The van der Waals surface area contributed by atoms with Crippen molar-refractivity contribution in [3.63, 3.8) is 0 Å². The van der Waals surface area contributed by atoms with Crippen molar-refractivity contribution < 1.29 is 19.4 Å². The lowest BCUT2D eigenvalue weighted by atomic mass is 9.91. The molecular weight excluding hydrogens is 246 g/mol. The van der Waals surface area contributed by atoms with Crippen molar-refractivity contribution in [2.24, 2.45) is 0 Å². The summed E-state index contributed by atoms with van der Waals surface area (Å²) in [5.41, 5.74) is 3.04.